The van der Waals surface area contributed by atoms with Crippen molar-refractivity contribution in [2.45, 2.75) is 58.1 Å². The minimum Gasteiger partial charge on any atom is -0.391 e. The highest BCUT2D eigenvalue weighted by Crippen LogP contribution is 2.26. The maximum Gasteiger partial charge on any atom is 0.224 e. The van der Waals surface area contributed by atoms with E-state index in [1.165, 1.54) is 6.42 Å². The van der Waals surface area contributed by atoms with Gasteiger partial charge in [-0.3, -0.25) is 0 Å². The van der Waals surface area contributed by atoms with Gasteiger partial charge in [0, 0.05) is 25.4 Å². The Kier molecular flexibility index (Phi) is 5.17. The Balaban J connectivity index is 2.15. The normalized spacial score (nSPS) is 22.6. The zero-order valence-electron chi connectivity index (χ0n) is 12.8. The maximum absolute atomic E-state index is 10.2. The molecule has 0 saturated heterocycles. The van der Waals surface area contributed by atoms with Crippen LogP contribution >= 0.6 is 0 Å². The number of aromatic nitrogens is 2. The molecule has 2 atom stereocenters. The van der Waals surface area contributed by atoms with Crippen molar-refractivity contribution in [3.8, 4) is 0 Å². The molecule has 5 nitrogen and oxygen atoms in total. The summed E-state index contributed by atoms with van der Waals surface area (Å²) in [5.41, 5.74) is 0.950. The molecule has 1 aromatic heterocycles. The van der Waals surface area contributed by atoms with Crippen molar-refractivity contribution in [2.24, 2.45) is 0 Å². The smallest absolute Gasteiger partial charge is 0.224 e. The third-order valence-corrected chi connectivity index (χ3v) is 3.93. The molecule has 0 amide bonds. The lowest BCUT2D eigenvalue weighted by Gasteiger charge is -2.36. The van der Waals surface area contributed by atoms with E-state index in [9.17, 15) is 5.11 Å². The van der Waals surface area contributed by atoms with Crippen LogP contribution in [0.2, 0.25) is 0 Å². The average molecular weight is 278 g/mol. The van der Waals surface area contributed by atoms with Crippen LogP contribution in [0.5, 0.6) is 0 Å². The highest BCUT2D eigenvalue weighted by Gasteiger charge is 2.27. The minimum atomic E-state index is -0.254. The van der Waals surface area contributed by atoms with Crippen molar-refractivity contribution in [1.82, 2.24) is 9.97 Å². The van der Waals surface area contributed by atoms with Crippen LogP contribution in [0, 0.1) is 6.92 Å². The first-order valence-electron chi connectivity index (χ1n) is 7.62. The van der Waals surface area contributed by atoms with Crippen LogP contribution in [0.15, 0.2) is 6.07 Å². The zero-order valence-corrected chi connectivity index (χ0v) is 12.8. The van der Waals surface area contributed by atoms with Gasteiger partial charge in [0.05, 0.1) is 12.1 Å². The molecular formula is C15H26N4O. The number of likely N-dealkylation sites (N-methyl/N-ethyl adjacent to an activating group) is 1. The van der Waals surface area contributed by atoms with Crippen molar-refractivity contribution in [3.63, 3.8) is 0 Å². The third kappa shape index (κ3) is 3.60. The highest BCUT2D eigenvalue weighted by atomic mass is 16.3. The Morgan fingerprint density at radius 1 is 1.35 bits per heavy atom. The Hall–Kier alpha value is -1.36. The van der Waals surface area contributed by atoms with Crippen molar-refractivity contribution >= 4 is 11.8 Å². The first-order valence-corrected chi connectivity index (χ1v) is 7.62. The fraction of sp³-hybridized carbons (Fsp3) is 0.733. The standard InChI is InChI=1S/C15H26N4O/c1-4-9-16-15-17-11(2)10-14(18-15)19(3)12-7-5-6-8-13(12)20/h10,12-13,20H,4-9H2,1-3H3,(H,16,17,18). The Bertz CT molecular complexity index is 438. The summed E-state index contributed by atoms with van der Waals surface area (Å²) in [6, 6.07) is 2.15. The van der Waals surface area contributed by atoms with Crippen LogP contribution in [0.3, 0.4) is 0 Å². The van der Waals surface area contributed by atoms with Gasteiger partial charge in [0.1, 0.15) is 5.82 Å². The molecule has 0 bridgehead atoms. The Labute approximate surface area is 121 Å². The monoisotopic (exact) mass is 278 g/mol. The molecule has 112 valence electrons. The van der Waals surface area contributed by atoms with Gasteiger partial charge in [0.25, 0.3) is 0 Å². The summed E-state index contributed by atoms with van der Waals surface area (Å²) < 4.78 is 0. The second-order valence-electron chi connectivity index (χ2n) is 5.65. The van der Waals surface area contributed by atoms with Gasteiger partial charge in [0.2, 0.25) is 5.95 Å². The first-order chi connectivity index (χ1) is 9.61. The van der Waals surface area contributed by atoms with Crippen LogP contribution in [0.1, 0.15) is 44.7 Å². The van der Waals surface area contributed by atoms with E-state index in [-0.39, 0.29) is 12.1 Å². The fourth-order valence-electron chi connectivity index (χ4n) is 2.76. The second-order valence-corrected chi connectivity index (χ2v) is 5.65. The van der Waals surface area contributed by atoms with E-state index < -0.39 is 0 Å². The molecule has 0 spiro atoms. The summed E-state index contributed by atoms with van der Waals surface area (Å²) in [4.78, 5) is 11.1. The molecule has 0 aromatic carbocycles. The average Bonchev–Trinajstić information content (AvgIpc) is 2.44. The third-order valence-electron chi connectivity index (χ3n) is 3.93. The molecule has 20 heavy (non-hydrogen) atoms. The summed E-state index contributed by atoms with van der Waals surface area (Å²) in [5, 5.41) is 13.4. The van der Waals surface area contributed by atoms with Gasteiger partial charge in [0.15, 0.2) is 0 Å². The largest absolute Gasteiger partial charge is 0.391 e. The first kappa shape index (κ1) is 15.0. The molecule has 1 aliphatic rings. The number of rotatable bonds is 5. The molecule has 5 heteroatoms. The molecule has 1 fully saturated rings. The summed E-state index contributed by atoms with van der Waals surface area (Å²) in [7, 11) is 2.02. The summed E-state index contributed by atoms with van der Waals surface area (Å²) in [5.74, 6) is 1.57. The summed E-state index contributed by atoms with van der Waals surface area (Å²) in [6.45, 7) is 4.97. The van der Waals surface area contributed by atoms with E-state index in [4.69, 9.17) is 0 Å². The molecule has 2 rings (SSSR count). The van der Waals surface area contributed by atoms with Gasteiger partial charge in [-0.1, -0.05) is 19.8 Å². The van der Waals surface area contributed by atoms with Gasteiger partial charge in [-0.05, 0) is 26.2 Å². The Morgan fingerprint density at radius 2 is 2.10 bits per heavy atom. The predicted molar refractivity (Wildman–Crippen MR) is 82.2 cm³/mol. The zero-order chi connectivity index (χ0) is 14.5. The van der Waals surface area contributed by atoms with Crippen LogP contribution in [0.25, 0.3) is 0 Å². The number of nitrogens with zero attached hydrogens (tertiary/aromatic N) is 3. The lowest BCUT2D eigenvalue weighted by molar-refractivity contribution is 0.106. The predicted octanol–water partition coefficient (Wildman–Crippen LogP) is 2.35. The summed E-state index contributed by atoms with van der Waals surface area (Å²) >= 11 is 0. The Morgan fingerprint density at radius 3 is 2.80 bits per heavy atom. The minimum absolute atomic E-state index is 0.164. The molecule has 0 aliphatic heterocycles. The quantitative estimate of drug-likeness (QED) is 0.865. The molecule has 1 aromatic rings. The van der Waals surface area contributed by atoms with E-state index in [0.29, 0.717) is 5.95 Å². The van der Waals surface area contributed by atoms with Crippen LogP contribution in [-0.4, -0.2) is 40.8 Å². The number of hydrogen-bond acceptors (Lipinski definition) is 5. The molecule has 1 saturated carbocycles. The van der Waals surface area contributed by atoms with E-state index in [1.807, 2.05) is 20.0 Å². The summed E-state index contributed by atoms with van der Waals surface area (Å²) in [6.07, 6.45) is 5.01. The van der Waals surface area contributed by atoms with Crippen LogP contribution in [-0.2, 0) is 0 Å². The maximum atomic E-state index is 10.2. The molecule has 1 heterocycles. The molecule has 1 aliphatic carbocycles. The highest BCUT2D eigenvalue weighted by molar-refractivity contribution is 5.45. The van der Waals surface area contributed by atoms with Gasteiger partial charge < -0.3 is 15.3 Å². The molecular weight excluding hydrogens is 252 g/mol. The van der Waals surface area contributed by atoms with Gasteiger partial charge in [-0.25, -0.2) is 4.98 Å². The van der Waals surface area contributed by atoms with E-state index in [2.05, 4.69) is 27.1 Å². The number of aliphatic hydroxyl groups excluding tert-OH is 1. The number of anilines is 2. The van der Waals surface area contributed by atoms with Crippen molar-refractivity contribution < 1.29 is 5.11 Å². The molecule has 2 unspecified atom stereocenters. The van der Waals surface area contributed by atoms with Crippen LogP contribution in [0.4, 0.5) is 11.8 Å². The lowest BCUT2D eigenvalue weighted by Crippen LogP contribution is -2.43. The number of aryl methyl sites for hydroxylation is 1. The fourth-order valence-corrected chi connectivity index (χ4v) is 2.76. The van der Waals surface area contributed by atoms with Crippen molar-refractivity contribution in [3.05, 3.63) is 11.8 Å². The van der Waals surface area contributed by atoms with Gasteiger partial charge in [-0.15, -0.1) is 0 Å². The number of hydrogen-bond donors (Lipinski definition) is 2. The van der Waals surface area contributed by atoms with E-state index in [1.54, 1.807) is 0 Å². The topological polar surface area (TPSA) is 61.3 Å². The van der Waals surface area contributed by atoms with Crippen molar-refractivity contribution in [1.29, 1.82) is 0 Å². The van der Waals surface area contributed by atoms with Crippen LogP contribution < -0.4 is 10.2 Å². The van der Waals surface area contributed by atoms with E-state index >= 15 is 0 Å². The number of aliphatic hydroxyl groups is 1. The lowest BCUT2D eigenvalue weighted by atomic mass is 9.91. The molecule has 0 radical (unpaired) electrons. The van der Waals surface area contributed by atoms with Gasteiger partial charge >= 0.3 is 0 Å². The van der Waals surface area contributed by atoms with Gasteiger partial charge in [-0.2, -0.15) is 4.98 Å². The molecule has 2 N–H and O–H groups in total. The van der Waals surface area contributed by atoms with E-state index in [0.717, 1.165) is 43.7 Å². The number of nitrogens with one attached hydrogen (secondary N) is 1. The second kappa shape index (κ2) is 6.88. The SMILES string of the molecule is CCCNc1nc(C)cc(N(C)C2CCCCC2O)n1. The van der Waals surface area contributed by atoms with Crippen molar-refractivity contribution in [2.75, 3.05) is 23.8 Å².